The number of hydrogen-bond acceptors (Lipinski definition) is 3. The number of aromatic hydroxyl groups is 1. The first-order chi connectivity index (χ1) is 9.19. The predicted octanol–water partition coefficient (Wildman–Crippen LogP) is 3.41. The molecule has 0 aromatic heterocycles. The summed E-state index contributed by atoms with van der Waals surface area (Å²) in [4.78, 5) is 0. The van der Waals surface area contributed by atoms with E-state index in [0.29, 0.717) is 13.0 Å². The molecule has 3 heteroatoms. The SMILES string of the molecule is CC[C@@H](O)c1ccc(OCc2cccc(O)c2)cc1. The molecule has 1 atom stereocenters. The van der Waals surface area contributed by atoms with E-state index < -0.39 is 6.10 Å². The first-order valence-corrected chi connectivity index (χ1v) is 6.37. The molecule has 100 valence electrons. The molecule has 2 aromatic carbocycles. The molecule has 2 aromatic rings. The highest BCUT2D eigenvalue weighted by Crippen LogP contribution is 2.21. The molecule has 0 radical (unpaired) electrons. The Bertz CT molecular complexity index is 520. The minimum Gasteiger partial charge on any atom is -0.508 e. The van der Waals surface area contributed by atoms with Gasteiger partial charge in [0.05, 0.1) is 6.10 Å². The second-order valence-corrected chi connectivity index (χ2v) is 4.45. The summed E-state index contributed by atoms with van der Waals surface area (Å²) in [6, 6.07) is 14.4. The standard InChI is InChI=1S/C16H18O3/c1-2-16(18)13-6-8-15(9-7-13)19-11-12-4-3-5-14(17)10-12/h3-10,16-18H,2,11H2,1H3/t16-/m1/s1. The zero-order valence-corrected chi connectivity index (χ0v) is 10.9. The number of benzene rings is 2. The fourth-order valence-corrected chi connectivity index (χ4v) is 1.83. The van der Waals surface area contributed by atoms with Gasteiger partial charge in [-0.1, -0.05) is 31.2 Å². The van der Waals surface area contributed by atoms with Gasteiger partial charge in [-0.15, -0.1) is 0 Å². The number of aliphatic hydroxyl groups is 1. The van der Waals surface area contributed by atoms with Crippen molar-refractivity contribution in [3.63, 3.8) is 0 Å². The maximum atomic E-state index is 9.69. The summed E-state index contributed by atoms with van der Waals surface area (Å²) in [6.45, 7) is 2.35. The summed E-state index contributed by atoms with van der Waals surface area (Å²) in [7, 11) is 0. The molecule has 0 spiro atoms. The van der Waals surface area contributed by atoms with E-state index in [9.17, 15) is 10.2 Å². The van der Waals surface area contributed by atoms with Crippen LogP contribution in [0, 0.1) is 0 Å². The molecule has 0 aliphatic rings. The Morgan fingerprint density at radius 2 is 1.84 bits per heavy atom. The van der Waals surface area contributed by atoms with Crippen molar-refractivity contribution >= 4 is 0 Å². The van der Waals surface area contributed by atoms with Gasteiger partial charge in [0.25, 0.3) is 0 Å². The van der Waals surface area contributed by atoms with Crippen molar-refractivity contribution in [2.75, 3.05) is 0 Å². The third-order valence-corrected chi connectivity index (χ3v) is 2.97. The molecular formula is C16H18O3. The fourth-order valence-electron chi connectivity index (χ4n) is 1.83. The van der Waals surface area contributed by atoms with Crippen molar-refractivity contribution in [3.8, 4) is 11.5 Å². The number of phenols is 1. The lowest BCUT2D eigenvalue weighted by molar-refractivity contribution is 0.173. The van der Waals surface area contributed by atoms with Crippen molar-refractivity contribution in [2.45, 2.75) is 26.1 Å². The Morgan fingerprint density at radius 3 is 2.47 bits per heavy atom. The summed E-state index contributed by atoms with van der Waals surface area (Å²) in [5.41, 5.74) is 1.81. The molecule has 0 saturated heterocycles. The van der Waals surface area contributed by atoms with E-state index in [-0.39, 0.29) is 5.75 Å². The van der Waals surface area contributed by atoms with Crippen LogP contribution in [-0.4, -0.2) is 10.2 Å². The molecule has 0 unspecified atom stereocenters. The summed E-state index contributed by atoms with van der Waals surface area (Å²) in [5, 5.41) is 19.0. The van der Waals surface area contributed by atoms with Crippen LogP contribution in [0.1, 0.15) is 30.6 Å². The molecule has 0 bridgehead atoms. The van der Waals surface area contributed by atoms with Gasteiger partial charge in [-0.25, -0.2) is 0 Å². The van der Waals surface area contributed by atoms with E-state index in [4.69, 9.17) is 4.74 Å². The zero-order valence-electron chi connectivity index (χ0n) is 10.9. The smallest absolute Gasteiger partial charge is 0.119 e. The van der Waals surface area contributed by atoms with Crippen LogP contribution in [-0.2, 0) is 6.61 Å². The van der Waals surface area contributed by atoms with Gasteiger partial charge >= 0.3 is 0 Å². The van der Waals surface area contributed by atoms with Gasteiger partial charge in [-0.2, -0.15) is 0 Å². The van der Waals surface area contributed by atoms with Crippen LogP contribution in [0.5, 0.6) is 11.5 Å². The van der Waals surface area contributed by atoms with Gasteiger partial charge in [-0.3, -0.25) is 0 Å². The van der Waals surface area contributed by atoms with Gasteiger partial charge in [0, 0.05) is 0 Å². The van der Waals surface area contributed by atoms with E-state index >= 15 is 0 Å². The molecule has 0 fully saturated rings. The summed E-state index contributed by atoms with van der Waals surface area (Å²) >= 11 is 0. The van der Waals surface area contributed by atoms with Crippen LogP contribution >= 0.6 is 0 Å². The Labute approximate surface area is 113 Å². The molecule has 2 rings (SSSR count). The minimum absolute atomic E-state index is 0.238. The number of phenolic OH excluding ortho intramolecular Hbond substituents is 1. The lowest BCUT2D eigenvalue weighted by atomic mass is 10.1. The van der Waals surface area contributed by atoms with Gasteiger partial charge in [-0.05, 0) is 41.8 Å². The predicted molar refractivity (Wildman–Crippen MR) is 74.1 cm³/mol. The zero-order chi connectivity index (χ0) is 13.7. The van der Waals surface area contributed by atoms with Crippen LogP contribution in [0.15, 0.2) is 48.5 Å². The van der Waals surface area contributed by atoms with Crippen LogP contribution in [0.25, 0.3) is 0 Å². The van der Waals surface area contributed by atoms with Gasteiger partial charge in [0.2, 0.25) is 0 Å². The maximum absolute atomic E-state index is 9.69. The minimum atomic E-state index is -0.417. The third kappa shape index (κ3) is 3.73. The highest BCUT2D eigenvalue weighted by molar-refractivity contribution is 5.30. The normalized spacial score (nSPS) is 12.1. The first kappa shape index (κ1) is 13.4. The second kappa shape index (κ2) is 6.25. The summed E-state index contributed by atoms with van der Waals surface area (Å²) < 4.78 is 5.62. The second-order valence-electron chi connectivity index (χ2n) is 4.45. The third-order valence-electron chi connectivity index (χ3n) is 2.97. The quantitative estimate of drug-likeness (QED) is 0.864. The summed E-state index contributed by atoms with van der Waals surface area (Å²) in [6.07, 6.45) is 0.281. The largest absolute Gasteiger partial charge is 0.508 e. The van der Waals surface area contributed by atoms with Crippen LogP contribution in [0.4, 0.5) is 0 Å². The fraction of sp³-hybridized carbons (Fsp3) is 0.250. The molecule has 3 nitrogen and oxygen atoms in total. The summed E-state index contributed by atoms with van der Waals surface area (Å²) in [5.74, 6) is 0.984. The lowest BCUT2D eigenvalue weighted by Gasteiger charge is -2.10. The molecule has 0 heterocycles. The molecule has 2 N–H and O–H groups in total. The van der Waals surface area contributed by atoms with Gasteiger partial charge in [0.1, 0.15) is 18.1 Å². The van der Waals surface area contributed by atoms with Crippen molar-refractivity contribution in [2.24, 2.45) is 0 Å². The lowest BCUT2D eigenvalue weighted by Crippen LogP contribution is -1.97. The van der Waals surface area contributed by atoms with E-state index in [1.165, 1.54) is 0 Å². The Morgan fingerprint density at radius 1 is 1.11 bits per heavy atom. The number of hydrogen-bond donors (Lipinski definition) is 2. The molecular weight excluding hydrogens is 240 g/mol. The number of rotatable bonds is 5. The highest BCUT2D eigenvalue weighted by Gasteiger charge is 2.04. The monoisotopic (exact) mass is 258 g/mol. The Hall–Kier alpha value is -2.00. The van der Waals surface area contributed by atoms with Crippen molar-refractivity contribution in [3.05, 3.63) is 59.7 Å². The number of aliphatic hydroxyl groups excluding tert-OH is 1. The van der Waals surface area contributed by atoms with Gasteiger partial charge < -0.3 is 14.9 Å². The first-order valence-electron chi connectivity index (χ1n) is 6.37. The average molecular weight is 258 g/mol. The average Bonchev–Trinajstić information content (AvgIpc) is 2.45. The van der Waals surface area contributed by atoms with Crippen molar-refractivity contribution < 1.29 is 14.9 Å². The van der Waals surface area contributed by atoms with E-state index in [1.807, 2.05) is 37.3 Å². The van der Waals surface area contributed by atoms with Gasteiger partial charge in [0.15, 0.2) is 0 Å². The highest BCUT2D eigenvalue weighted by atomic mass is 16.5. The molecule has 0 aliphatic carbocycles. The molecule has 19 heavy (non-hydrogen) atoms. The van der Waals surface area contributed by atoms with Crippen LogP contribution < -0.4 is 4.74 Å². The van der Waals surface area contributed by atoms with Crippen molar-refractivity contribution in [1.29, 1.82) is 0 Å². The molecule has 0 amide bonds. The Kier molecular flexibility index (Phi) is 4.42. The van der Waals surface area contributed by atoms with Crippen molar-refractivity contribution in [1.82, 2.24) is 0 Å². The Balaban J connectivity index is 1.96. The van der Waals surface area contributed by atoms with E-state index in [1.54, 1.807) is 18.2 Å². The molecule has 0 aliphatic heterocycles. The molecule has 0 saturated carbocycles. The number of ether oxygens (including phenoxy) is 1. The van der Waals surface area contributed by atoms with Crippen LogP contribution in [0.2, 0.25) is 0 Å². The maximum Gasteiger partial charge on any atom is 0.119 e. The van der Waals surface area contributed by atoms with E-state index in [0.717, 1.165) is 16.9 Å². The topological polar surface area (TPSA) is 49.7 Å². The van der Waals surface area contributed by atoms with E-state index in [2.05, 4.69) is 0 Å². The van der Waals surface area contributed by atoms with Crippen LogP contribution in [0.3, 0.4) is 0 Å².